The highest BCUT2D eigenvalue weighted by Gasteiger charge is 2.28. The molecular weight excluding hydrogens is 340 g/mol. The van der Waals surface area contributed by atoms with Crippen molar-refractivity contribution >= 4 is 17.7 Å². The van der Waals surface area contributed by atoms with Gasteiger partial charge in [0.2, 0.25) is 0 Å². The Labute approximate surface area is 159 Å². The van der Waals surface area contributed by atoms with Gasteiger partial charge < -0.3 is 15.4 Å². The Morgan fingerprint density at radius 2 is 1.74 bits per heavy atom. The van der Waals surface area contributed by atoms with Crippen LogP contribution in [0, 0.1) is 17.8 Å². The van der Waals surface area contributed by atoms with Crippen molar-refractivity contribution in [2.24, 2.45) is 5.92 Å². The molecule has 138 valence electrons. The molecular formula is C22H22N2O3. The molecule has 1 aliphatic rings. The van der Waals surface area contributed by atoms with Crippen LogP contribution < -0.4 is 10.6 Å². The Balaban J connectivity index is 1.67. The van der Waals surface area contributed by atoms with Crippen LogP contribution in [0.25, 0.3) is 0 Å². The molecule has 0 saturated heterocycles. The maximum atomic E-state index is 12.1. The first kappa shape index (κ1) is 18.5. The van der Waals surface area contributed by atoms with Crippen LogP contribution in [0.4, 0.5) is 10.5 Å². The van der Waals surface area contributed by atoms with Gasteiger partial charge in [0.05, 0.1) is 12.7 Å². The fourth-order valence-electron chi connectivity index (χ4n) is 2.75. The van der Waals surface area contributed by atoms with E-state index < -0.39 is 5.97 Å². The fraction of sp³-hybridized carbons (Fsp3) is 0.273. The second-order valence-corrected chi connectivity index (χ2v) is 6.63. The normalized spacial score (nSPS) is 13.7. The van der Waals surface area contributed by atoms with E-state index in [2.05, 4.69) is 22.5 Å². The number of hydrogen-bond acceptors (Lipinski definition) is 3. The number of carbonyl (C=O) groups is 2. The maximum absolute atomic E-state index is 12.1. The lowest BCUT2D eigenvalue weighted by molar-refractivity contribution is 0.0600. The molecule has 1 atom stereocenters. The van der Waals surface area contributed by atoms with Crippen LogP contribution in [-0.4, -0.2) is 25.2 Å². The summed E-state index contributed by atoms with van der Waals surface area (Å²) in [6, 6.07) is 14.3. The summed E-state index contributed by atoms with van der Waals surface area (Å²) in [5.41, 5.74) is 2.63. The largest absolute Gasteiger partial charge is 0.465 e. The molecule has 0 bridgehead atoms. The Kier molecular flexibility index (Phi) is 5.77. The molecule has 2 amide bonds. The van der Waals surface area contributed by atoms with Crippen LogP contribution in [0.15, 0.2) is 48.5 Å². The molecule has 0 aliphatic heterocycles. The minimum absolute atomic E-state index is 0.190. The van der Waals surface area contributed by atoms with Gasteiger partial charge in [0.15, 0.2) is 0 Å². The van der Waals surface area contributed by atoms with Crippen LogP contribution in [0.2, 0.25) is 0 Å². The Morgan fingerprint density at radius 3 is 2.41 bits per heavy atom. The third-order valence-corrected chi connectivity index (χ3v) is 4.44. The number of amides is 2. The number of anilines is 1. The first-order valence-electron chi connectivity index (χ1n) is 8.93. The summed E-state index contributed by atoms with van der Waals surface area (Å²) in [7, 11) is 1.35. The topological polar surface area (TPSA) is 67.4 Å². The van der Waals surface area contributed by atoms with Gasteiger partial charge in [-0.2, -0.15) is 0 Å². The summed E-state index contributed by atoms with van der Waals surface area (Å²) in [6.45, 7) is 2.03. The smallest absolute Gasteiger partial charge is 0.337 e. The van der Waals surface area contributed by atoms with Crippen molar-refractivity contribution in [3.05, 3.63) is 65.2 Å². The molecule has 0 heterocycles. The quantitative estimate of drug-likeness (QED) is 0.642. The van der Waals surface area contributed by atoms with Crippen LogP contribution in [0.5, 0.6) is 0 Å². The van der Waals surface area contributed by atoms with E-state index in [1.807, 2.05) is 37.3 Å². The number of benzene rings is 2. The number of hydrogen-bond donors (Lipinski definition) is 2. The Hall–Kier alpha value is -3.26. The van der Waals surface area contributed by atoms with Gasteiger partial charge in [0, 0.05) is 22.9 Å². The number of carbonyl (C=O) groups excluding carboxylic acids is 2. The van der Waals surface area contributed by atoms with Crippen molar-refractivity contribution in [2.75, 3.05) is 12.4 Å². The molecule has 5 heteroatoms. The van der Waals surface area contributed by atoms with Gasteiger partial charge in [-0.15, -0.1) is 0 Å². The molecule has 2 aromatic rings. The molecule has 1 aliphatic carbocycles. The number of ether oxygens (including phenoxy) is 1. The van der Waals surface area contributed by atoms with Crippen molar-refractivity contribution in [3.63, 3.8) is 0 Å². The van der Waals surface area contributed by atoms with E-state index >= 15 is 0 Å². The van der Waals surface area contributed by atoms with Gasteiger partial charge in [-0.25, -0.2) is 9.59 Å². The summed E-state index contributed by atoms with van der Waals surface area (Å²) >= 11 is 0. The van der Waals surface area contributed by atoms with E-state index in [1.54, 1.807) is 18.2 Å². The molecule has 1 saturated carbocycles. The first-order valence-corrected chi connectivity index (χ1v) is 8.93. The zero-order valence-corrected chi connectivity index (χ0v) is 15.4. The average molecular weight is 362 g/mol. The van der Waals surface area contributed by atoms with Crippen LogP contribution in [0.3, 0.4) is 0 Å². The maximum Gasteiger partial charge on any atom is 0.337 e. The highest BCUT2D eigenvalue weighted by molar-refractivity contribution is 5.90. The SMILES string of the molecule is COC(=O)c1cccc(C#Cc2cccc(NC(=O)NC(C)C3CC3)c2)c1. The van der Waals surface area contributed by atoms with Gasteiger partial charge in [-0.05, 0) is 62.1 Å². The second kappa shape index (κ2) is 8.41. The molecule has 0 spiro atoms. The van der Waals surface area contributed by atoms with Crippen molar-refractivity contribution in [1.82, 2.24) is 5.32 Å². The van der Waals surface area contributed by atoms with Gasteiger partial charge in [0.1, 0.15) is 0 Å². The highest BCUT2D eigenvalue weighted by Crippen LogP contribution is 2.32. The predicted molar refractivity (Wildman–Crippen MR) is 105 cm³/mol. The van der Waals surface area contributed by atoms with E-state index in [-0.39, 0.29) is 12.1 Å². The third kappa shape index (κ3) is 5.35. The van der Waals surface area contributed by atoms with Crippen molar-refractivity contribution < 1.29 is 14.3 Å². The van der Waals surface area contributed by atoms with Crippen molar-refractivity contribution in [3.8, 4) is 11.8 Å². The third-order valence-electron chi connectivity index (χ3n) is 4.44. The minimum atomic E-state index is -0.392. The molecule has 0 radical (unpaired) electrons. The summed E-state index contributed by atoms with van der Waals surface area (Å²) in [5.74, 6) is 6.30. The van der Waals surface area contributed by atoms with Gasteiger partial charge >= 0.3 is 12.0 Å². The number of esters is 1. The number of methoxy groups -OCH3 is 1. The summed E-state index contributed by atoms with van der Waals surface area (Å²) < 4.78 is 4.72. The lowest BCUT2D eigenvalue weighted by Gasteiger charge is -2.13. The zero-order chi connectivity index (χ0) is 19.2. The molecule has 1 unspecified atom stereocenters. The monoisotopic (exact) mass is 362 g/mol. The summed E-state index contributed by atoms with van der Waals surface area (Å²) in [5, 5.41) is 5.81. The van der Waals surface area contributed by atoms with E-state index in [4.69, 9.17) is 4.74 Å². The molecule has 2 aromatic carbocycles. The zero-order valence-electron chi connectivity index (χ0n) is 15.4. The molecule has 27 heavy (non-hydrogen) atoms. The average Bonchev–Trinajstić information content (AvgIpc) is 3.51. The van der Waals surface area contributed by atoms with Crippen molar-refractivity contribution in [2.45, 2.75) is 25.8 Å². The minimum Gasteiger partial charge on any atom is -0.465 e. The fourth-order valence-corrected chi connectivity index (χ4v) is 2.75. The number of urea groups is 1. The van der Waals surface area contributed by atoms with E-state index in [0.29, 0.717) is 22.7 Å². The summed E-state index contributed by atoms with van der Waals surface area (Å²) in [6.07, 6.45) is 2.37. The molecule has 2 N–H and O–H groups in total. The lowest BCUT2D eigenvalue weighted by atomic mass is 10.1. The molecule has 1 fully saturated rings. The molecule has 5 nitrogen and oxygen atoms in total. The van der Waals surface area contributed by atoms with Crippen LogP contribution in [0.1, 0.15) is 41.3 Å². The molecule has 3 rings (SSSR count). The Bertz CT molecular complexity index is 907. The van der Waals surface area contributed by atoms with Gasteiger partial charge in [-0.3, -0.25) is 0 Å². The van der Waals surface area contributed by atoms with E-state index in [1.165, 1.54) is 20.0 Å². The van der Waals surface area contributed by atoms with Crippen LogP contribution >= 0.6 is 0 Å². The number of rotatable bonds is 4. The van der Waals surface area contributed by atoms with Crippen molar-refractivity contribution in [1.29, 1.82) is 0 Å². The first-order chi connectivity index (χ1) is 13.0. The highest BCUT2D eigenvalue weighted by atomic mass is 16.5. The standard InChI is InChI=1S/C22H22N2O3/c1-15(18-11-12-18)23-22(26)24-20-8-4-6-17(14-20)10-9-16-5-3-7-19(13-16)21(25)27-2/h3-8,13-15,18H,11-12H2,1-2H3,(H2,23,24,26). The molecule has 0 aromatic heterocycles. The predicted octanol–water partition coefficient (Wildman–Crippen LogP) is 3.79. The van der Waals surface area contributed by atoms with Gasteiger partial charge in [0.25, 0.3) is 0 Å². The van der Waals surface area contributed by atoms with Gasteiger partial charge in [-0.1, -0.05) is 24.0 Å². The Morgan fingerprint density at radius 1 is 1.07 bits per heavy atom. The van der Waals surface area contributed by atoms with Crippen LogP contribution in [-0.2, 0) is 4.74 Å². The summed E-state index contributed by atoms with van der Waals surface area (Å²) in [4.78, 5) is 23.7. The lowest BCUT2D eigenvalue weighted by Crippen LogP contribution is -2.37. The van der Waals surface area contributed by atoms with E-state index in [9.17, 15) is 9.59 Å². The number of nitrogens with one attached hydrogen (secondary N) is 2. The van der Waals surface area contributed by atoms with E-state index in [0.717, 1.165) is 5.56 Å². The second-order valence-electron chi connectivity index (χ2n) is 6.63.